The van der Waals surface area contributed by atoms with Gasteiger partial charge in [0.1, 0.15) is 17.4 Å². The van der Waals surface area contributed by atoms with Crippen molar-refractivity contribution in [1.82, 2.24) is 10.2 Å². The Hall–Kier alpha value is -3.44. The molecule has 0 fully saturated rings. The average Bonchev–Trinajstić information content (AvgIpc) is 2.67. The summed E-state index contributed by atoms with van der Waals surface area (Å²) in [6.45, 7) is -0.722. The fourth-order valence-corrected chi connectivity index (χ4v) is 3.24. The Labute approximate surface area is 176 Å². The number of unbranched alkanes of at least 4 members (excludes halogenated alkanes) is 1. The van der Waals surface area contributed by atoms with Gasteiger partial charge in [0.15, 0.2) is 0 Å². The minimum Gasteiger partial charge on any atom is -0.507 e. The lowest BCUT2D eigenvalue weighted by atomic mass is 10.1. The smallest absolute Gasteiger partial charge is 0.336 e. The van der Waals surface area contributed by atoms with Gasteiger partial charge in [-0.15, -0.1) is 0 Å². The first-order valence-electron chi connectivity index (χ1n) is 9.55. The molecule has 1 atom stereocenters. The summed E-state index contributed by atoms with van der Waals surface area (Å²) in [7, 11) is 0. The first kappa shape index (κ1) is 23.8. The number of phenols is 1. The number of carboxylic acids is 3. The number of fused-ring (bicyclic) bond motifs is 1. The first-order chi connectivity index (χ1) is 14.7. The number of nitrogens with zero attached hydrogens (tertiary/aromatic N) is 1. The van der Waals surface area contributed by atoms with Crippen LogP contribution in [0.1, 0.15) is 24.8 Å². The van der Waals surface area contributed by atoms with Crippen molar-refractivity contribution in [2.45, 2.75) is 31.8 Å². The van der Waals surface area contributed by atoms with Crippen molar-refractivity contribution in [3.05, 3.63) is 40.2 Å². The minimum atomic E-state index is -1.31. The minimum absolute atomic E-state index is 0.0294. The fraction of sp³-hybridized carbons (Fsp3) is 0.400. The molecule has 1 heterocycles. The monoisotopic (exact) mass is 436 g/mol. The number of hydrogen-bond acceptors (Lipinski definition) is 8. The Bertz CT molecular complexity index is 986. The molecule has 0 amide bonds. The Morgan fingerprint density at radius 2 is 1.65 bits per heavy atom. The highest BCUT2D eigenvalue weighted by atomic mass is 16.4. The lowest BCUT2D eigenvalue weighted by molar-refractivity contribution is -0.149. The molecule has 1 aromatic heterocycles. The number of benzene rings is 1. The second-order valence-electron chi connectivity index (χ2n) is 6.96. The zero-order valence-electron chi connectivity index (χ0n) is 16.6. The van der Waals surface area contributed by atoms with E-state index in [1.165, 1.54) is 12.1 Å². The highest BCUT2D eigenvalue weighted by molar-refractivity contribution is 5.82. The van der Waals surface area contributed by atoms with E-state index in [0.29, 0.717) is 30.3 Å². The van der Waals surface area contributed by atoms with E-state index in [-0.39, 0.29) is 24.3 Å². The molecule has 5 N–H and O–H groups in total. The second kappa shape index (κ2) is 11.1. The van der Waals surface area contributed by atoms with Crippen LogP contribution in [0.2, 0.25) is 0 Å². The third kappa shape index (κ3) is 7.08. The van der Waals surface area contributed by atoms with E-state index in [0.717, 1.165) is 4.90 Å². The molecule has 0 saturated carbocycles. The summed E-state index contributed by atoms with van der Waals surface area (Å²) in [6.07, 6.45) is 0.996. The van der Waals surface area contributed by atoms with Crippen LogP contribution in [-0.4, -0.2) is 68.9 Å². The molecule has 11 nitrogen and oxygen atoms in total. The molecule has 0 saturated heterocycles. The molecule has 2 aromatic rings. The van der Waals surface area contributed by atoms with Gasteiger partial charge in [-0.1, -0.05) is 6.42 Å². The van der Waals surface area contributed by atoms with Gasteiger partial charge in [0.2, 0.25) is 0 Å². The first-order valence-corrected chi connectivity index (χ1v) is 9.55. The van der Waals surface area contributed by atoms with E-state index in [1.807, 2.05) is 0 Å². The molecular weight excluding hydrogens is 412 g/mol. The molecular formula is C20H24N2O9. The van der Waals surface area contributed by atoms with Crippen molar-refractivity contribution in [2.75, 3.05) is 19.6 Å². The molecule has 0 aliphatic rings. The van der Waals surface area contributed by atoms with Gasteiger partial charge < -0.3 is 30.2 Å². The third-order valence-electron chi connectivity index (χ3n) is 4.65. The number of hydrogen-bond donors (Lipinski definition) is 5. The van der Waals surface area contributed by atoms with E-state index in [2.05, 4.69) is 5.32 Å². The quantitative estimate of drug-likeness (QED) is 0.220. The van der Waals surface area contributed by atoms with Crippen molar-refractivity contribution < 1.29 is 39.2 Å². The molecule has 168 valence electrons. The standard InChI is InChI=1S/C20H24N2O9/c23-15-6-4-12-5-7-18(28)31-19(12)13(15)9-21-8-2-1-3-14(20(29)30)22(10-16(24)25)11-17(26)27/h4-7,14,21,23H,1-3,8-11H2,(H,24,25)(H,26,27)(H,29,30)/t14-/m0/s1. The number of phenolic OH excluding ortho intramolecular Hbond substituents is 1. The van der Waals surface area contributed by atoms with Gasteiger partial charge in [0.05, 0.1) is 18.7 Å². The van der Waals surface area contributed by atoms with Gasteiger partial charge in [-0.3, -0.25) is 19.3 Å². The van der Waals surface area contributed by atoms with E-state index in [9.17, 15) is 29.4 Å². The summed E-state index contributed by atoms with van der Waals surface area (Å²) in [5.74, 6) is -3.93. The number of carboxylic acid groups (broad SMARTS) is 3. The van der Waals surface area contributed by atoms with Gasteiger partial charge in [-0.05, 0) is 37.6 Å². The van der Waals surface area contributed by atoms with Crippen LogP contribution in [0.15, 0.2) is 33.5 Å². The van der Waals surface area contributed by atoms with E-state index in [1.54, 1.807) is 12.1 Å². The van der Waals surface area contributed by atoms with Crippen LogP contribution in [0.5, 0.6) is 5.75 Å². The predicted octanol–water partition coefficient (Wildman–Crippen LogP) is 0.683. The van der Waals surface area contributed by atoms with Crippen LogP contribution in [-0.2, 0) is 20.9 Å². The summed E-state index contributed by atoms with van der Waals surface area (Å²) < 4.78 is 5.18. The average molecular weight is 436 g/mol. The molecule has 11 heteroatoms. The number of carbonyl (C=O) groups is 3. The number of aromatic hydroxyl groups is 1. The number of aliphatic carboxylic acids is 3. The van der Waals surface area contributed by atoms with Crippen LogP contribution in [0.4, 0.5) is 0 Å². The summed E-state index contributed by atoms with van der Waals surface area (Å²) in [5, 5.41) is 41.0. The topological polar surface area (TPSA) is 178 Å². The summed E-state index contributed by atoms with van der Waals surface area (Å²) in [4.78, 5) is 45.7. The number of rotatable bonds is 13. The van der Waals surface area contributed by atoms with Crippen molar-refractivity contribution in [2.24, 2.45) is 0 Å². The molecule has 2 rings (SSSR count). The van der Waals surface area contributed by atoms with Crippen molar-refractivity contribution in [3.8, 4) is 5.75 Å². The van der Waals surface area contributed by atoms with Crippen LogP contribution >= 0.6 is 0 Å². The van der Waals surface area contributed by atoms with Crippen molar-refractivity contribution >= 4 is 28.9 Å². The lowest BCUT2D eigenvalue weighted by Crippen LogP contribution is -2.46. The van der Waals surface area contributed by atoms with Crippen LogP contribution in [0.25, 0.3) is 11.0 Å². The van der Waals surface area contributed by atoms with Gasteiger partial charge >= 0.3 is 23.5 Å². The van der Waals surface area contributed by atoms with Gasteiger partial charge in [-0.2, -0.15) is 0 Å². The van der Waals surface area contributed by atoms with Crippen LogP contribution in [0.3, 0.4) is 0 Å². The molecule has 0 aliphatic carbocycles. The Balaban J connectivity index is 1.90. The molecule has 31 heavy (non-hydrogen) atoms. The van der Waals surface area contributed by atoms with Crippen molar-refractivity contribution in [3.63, 3.8) is 0 Å². The van der Waals surface area contributed by atoms with E-state index < -0.39 is 42.7 Å². The zero-order valence-corrected chi connectivity index (χ0v) is 16.6. The van der Waals surface area contributed by atoms with Gasteiger partial charge in [0, 0.05) is 18.0 Å². The molecule has 0 spiro atoms. The fourth-order valence-electron chi connectivity index (χ4n) is 3.24. The van der Waals surface area contributed by atoms with Crippen LogP contribution < -0.4 is 10.9 Å². The van der Waals surface area contributed by atoms with E-state index in [4.69, 9.17) is 14.6 Å². The van der Waals surface area contributed by atoms with Crippen molar-refractivity contribution in [1.29, 1.82) is 0 Å². The van der Waals surface area contributed by atoms with Gasteiger partial charge in [-0.25, -0.2) is 4.79 Å². The zero-order chi connectivity index (χ0) is 23.0. The molecule has 1 aromatic carbocycles. The number of nitrogens with one attached hydrogen (secondary N) is 1. The van der Waals surface area contributed by atoms with E-state index >= 15 is 0 Å². The molecule has 0 bridgehead atoms. The highest BCUT2D eigenvalue weighted by Gasteiger charge is 2.28. The third-order valence-corrected chi connectivity index (χ3v) is 4.65. The predicted molar refractivity (Wildman–Crippen MR) is 108 cm³/mol. The maximum Gasteiger partial charge on any atom is 0.336 e. The summed E-state index contributed by atoms with van der Waals surface area (Å²) in [5.41, 5.74) is 0.169. The highest BCUT2D eigenvalue weighted by Crippen LogP contribution is 2.26. The summed E-state index contributed by atoms with van der Waals surface area (Å²) >= 11 is 0. The normalized spacial score (nSPS) is 12.2. The Kier molecular flexibility index (Phi) is 8.53. The maximum absolute atomic E-state index is 11.5. The lowest BCUT2D eigenvalue weighted by Gasteiger charge is -2.25. The van der Waals surface area contributed by atoms with Crippen LogP contribution in [0, 0.1) is 0 Å². The largest absolute Gasteiger partial charge is 0.507 e. The second-order valence-corrected chi connectivity index (χ2v) is 6.96. The maximum atomic E-state index is 11.5. The Morgan fingerprint density at radius 1 is 1.00 bits per heavy atom. The Morgan fingerprint density at radius 3 is 2.26 bits per heavy atom. The molecule has 0 aliphatic heterocycles. The molecule has 0 unspecified atom stereocenters. The van der Waals surface area contributed by atoms with Gasteiger partial charge in [0.25, 0.3) is 0 Å². The molecule has 0 radical (unpaired) electrons. The SMILES string of the molecule is O=C(O)CN(CC(=O)O)[C@@H](CCCCNCc1c(O)ccc2ccc(=O)oc12)C(=O)O. The summed E-state index contributed by atoms with van der Waals surface area (Å²) in [6, 6.07) is 4.77.